The zero-order valence-electron chi connectivity index (χ0n) is 12.5. The van der Waals surface area contributed by atoms with Crippen molar-refractivity contribution in [3.8, 4) is 0 Å². The third-order valence-electron chi connectivity index (χ3n) is 3.70. The van der Waals surface area contributed by atoms with Gasteiger partial charge in [-0.2, -0.15) is 4.31 Å². The third-order valence-corrected chi connectivity index (χ3v) is 5.64. The molecule has 1 saturated heterocycles. The lowest BCUT2D eigenvalue weighted by Crippen LogP contribution is -2.40. The molecule has 1 aromatic rings. The summed E-state index contributed by atoms with van der Waals surface area (Å²) in [6.07, 6.45) is -0.964. The molecule has 8 heteroatoms. The molecule has 1 amide bonds. The second-order valence-corrected chi connectivity index (χ2v) is 7.11. The third kappa shape index (κ3) is 3.29. The van der Waals surface area contributed by atoms with E-state index in [1.807, 2.05) is 0 Å². The Hall–Kier alpha value is -1.51. The highest BCUT2D eigenvalue weighted by atomic mass is 32.2. The molecule has 0 radical (unpaired) electrons. The average molecular weight is 329 g/mol. The molecule has 2 atom stereocenters. The lowest BCUT2D eigenvalue weighted by Gasteiger charge is -2.23. The van der Waals surface area contributed by atoms with Crippen molar-refractivity contribution in [2.75, 3.05) is 27.2 Å². The lowest BCUT2D eigenvalue weighted by atomic mass is 10.2. The van der Waals surface area contributed by atoms with E-state index in [1.54, 1.807) is 7.05 Å². The molecule has 0 spiro atoms. The molecule has 1 aliphatic heterocycles. The van der Waals surface area contributed by atoms with E-state index in [9.17, 15) is 17.6 Å². The van der Waals surface area contributed by atoms with Crippen LogP contribution in [-0.2, 0) is 10.0 Å². The molecular formula is C14H20FN3O3S. The Morgan fingerprint density at radius 3 is 2.50 bits per heavy atom. The van der Waals surface area contributed by atoms with Gasteiger partial charge in [-0.1, -0.05) is 0 Å². The zero-order chi connectivity index (χ0) is 16.3. The van der Waals surface area contributed by atoms with E-state index in [1.165, 1.54) is 35.6 Å². The number of nitrogens with zero attached hydrogens (tertiary/aromatic N) is 1. The molecule has 6 nitrogen and oxygen atoms in total. The molecule has 0 unspecified atom stereocenters. The first-order valence-corrected chi connectivity index (χ1v) is 8.46. The van der Waals surface area contributed by atoms with Gasteiger partial charge in [-0.3, -0.25) is 4.79 Å². The summed E-state index contributed by atoms with van der Waals surface area (Å²) < 4.78 is 40.1. The average Bonchev–Trinajstić information content (AvgIpc) is 2.88. The highest BCUT2D eigenvalue weighted by Gasteiger charge is 2.39. The molecule has 1 aromatic carbocycles. The number of halogens is 1. The van der Waals surface area contributed by atoms with Gasteiger partial charge in [-0.25, -0.2) is 12.8 Å². The van der Waals surface area contributed by atoms with Crippen LogP contribution in [0.5, 0.6) is 0 Å². The second kappa shape index (κ2) is 6.72. The van der Waals surface area contributed by atoms with E-state index >= 15 is 0 Å². The summed E-state index contributed by atoms with van der Waals surface area (Å²) in [4.78, 5) is 11.5. The molecule has 0 saturated carbocycles. The molecule has 0 aliphatic carbocycles. The van der Waals surface area contributed by atoms with Crippen molar-refractivity contribution in [1.29, 1.82) is 0 Å². The first-order valence-electron chi connectivity index (χ1n) is 7.02. The smallest absolute Gasteiger partial charge is 0.251 e. The zero-order valence-corrected chi connectivity index (χ0v) is 13.4. The van der Waals surface area contributed by atoms with E-state index in [-0.39, 0.29) is 23.8 Å². The van der Waals surface area contributed by atoms with Gasteiger partial charge < -0.3 is 10.6 Å². The van der Waals surface area contributed by atoms with Crippen LogP contribution in [0.15, 0.2) is 29.2 Å². The van der Waals surface area contributed by atoms with E-state index < -0.39 is 22.2 Å². The van der Waals surface area contributed by atoms with E-state index in [0.717, 1.165) is 0 Å². The van der Waals surface area contributed by atoms with Crippen molar-refractivity contribution >= 4 is 15.9 Å². The normalized spacial score (nSPS) is 22.7. The van der Waals surface area contributed by atoms with Crippen molar-refractivity contribution in [1.82, 2.24) is 14.9 Å². The van der Waals surface area contributed by atoms with Crippen LogP contribution in [0.3, 0.4) is 0 Å². The van der Waals surface area contributed by atoms with Crippen molar-refractivity contribution < 1.29 is 17.6 Å². The van der Waals surface area contributed by atoms with Gasteiger partial charge in [-0.05, 0) is 37.7 Å². The molecule has 0 aromatic heterocycles. The van der Waals surface area contributed by atoms with Gasteiger partial charge in [0.1, 0.15) is 6.17 Å². The minimum absolute atomic E-state index is 0.0651. The topological polar surface area (TPSA) is 78.5 Å². The maximum absolute atomic E-state index is 13.6. The van der Waals surface area contributed by atoms with Gasteiger partial charge >= 0.3 is 0 Å². The van der Waals surface area contributed by atoms with Gasteiger partial charge in [0.2, 0.25) is 10.0 Å². The van der Waals surface area contributed by atoms with Crippen molar-refractivity contribution in [2.45, 2.75) is 23.5 Å². The highest BCUT2D eigenvalue weighted by molar-refractivity contribution is 7.89. The lowest BCUT2D eigenvalue weighted by molar-refractivity contribution is 0.0963. The SMILES string of the molecule is CNC[C@@H]1C[C@H](F)CN1S(=O)(=O)c1ccc(C(=O)NC)cc1. The number of rotatable bonds is 5. The van der Waals surface area contributed by atoms with Crippen LogP contribution in [-0.4, -0.2) is 58.0 Å². The minimum Gasteiger partial charge on any atom is -0.355 e. The minimum atomic E-state index is -3.77. The fourth-order valence-corrected chi connectivity index (χ4v) is 4.27. The maximum Gasteiger partial charge on any atom is 0.251 e. The van der Waals surface area contributed by atoms with Gasteiger partial charge in [-0.15, -0.1) is 0 Å². The number of amides is 1. The van der Waals surface area contributed by atoms with E-state index in [0.29, 0.717) is 12.1 Å². The fourth-order valence-electron chi connectivity index (χ4n) is 2.60. The standard InChI is InChI=1S/C14H20FN3O3S/c1-16-8-12-7-11(15)9-18(12)22(20,21)13-5-3-10(4-6-13)14(19)17-2/h3-6,11-12,16H,7-9H2,1-2H3,(H,17,19)/t11-,12-/m0/s1. The summed E-state index contributed by atoms with van der Waals surface area (Å²) in [7, 11) is -0.567. The van der Waals surface area contributed by atoms with Crippen LogP contribution >= 0.6 is 0 Å². The Balaban J connectivity index is 2.27. The van der Waals surface area contributed by atoms with Gasteiger partial charge in [0.15, 0.2) is 0 Å². The number of hydrogen-bond acceptors (Lipinski definition) is 4. The second-order valence-electron chi connectivity index (χ2n) is 5.22. The Kier molecular flexibility index (Phi) is 5.15. The van der Waals surface area contributed by atoms with E-state index in [2.05, 4.69) is 10.6 Å². The molecule has 1 fully saturated rings. The fraction of sp³-hybridized carbons (Fsp3) is 0.500. The Morgan fingerprint density at radius 2 is 1.95 bits per heavy atom. The van der Waals surface area contributed by atoms with Crippen LogP contribution in [0.1, 0.15) is 16.8 Å². The van der Waals surface area contributed by atoms with Crippen molar-refractivity contribution in [3.63, 3.8) is 0 Å². The van der Waals surface area contributed by atoms with Crippen molar-refractivity contribution in [2.24, 2.45) is 0 Å². The number of hydrogen-bond donors (Lipinski definition) is 2. The first-order chi connectivity index (χ1) is 10.4. The largest absolute Gasteiger partial charge is 0.355 e. The van der Waals surface area contributed by atoms with E-state index in [4.69, 9.17) is 0 Å². The summed E-state index contributed by atoms with van der Waals surface area (Å²) in [5.74, 6) is -0.290. The van der Waals surface area contributed by atoms with Gasteiger partial charge in [0.25, 0.3) is 5.91 Å². The molecule has 0 bridgehead atoms. The number of nitrogens with one attached hydrogen (secondary N) is 2. The van der Waals surface area contributed by atoms with Crippen LogP contribution in [0, 0.1) is 0 Å². The quantitative estimate of drug-likeness (QED) is 0.818. The summed E-state index contributed by atoms with van der Waals surface area (Å²) >= 11 is 0. The predicted molar refractivity (Wildman–Crippen MR) is 81.0 cm³/mol. The van der Waals surface area contributed by atoms with Crippen LogP contribution in [0.4, 0.5) is 4.39 Å². The summed E-state index contributed by atoms with van der Waals surface area (Å²) in [5.41, 5.74) is 0.373. The van der Waals surface area contributed by atoms with Crippen LogP contribution < -0.4 is 10.6 Å². The molecule has 122 valence electrons. The monoisotopic (exact) mass is 329 g/mol. The van der Waals surface area contributed by atoms with Crippen LogP contribution in [0.2, 0.25) is 0 Å². The number of sulfonamides is 1. The molecule has 1 heterocycles. The number of alkyl halides is 1. The molecule has 2 rings (SSSR count). The number of benzene rings is 1. The number of likely N-dealkylation sites (N-methyl/N-ethyl adjacent to an activating group) is 1. The Bertz CT molecular complexity index is 633. The summed E-state index contributed by atoms with van der Waals surface area (Å²) in [6.45, 7) is 0.266. The van der Waals surface area contributed by atoms with Crippen molar-refractivity contribution in [3.05, 3.63) is 29.8 Å². The Labute approximate surface area is 129 Å². The van der Waals surface area contributed by atoms with Crippen LogP contribution in [0.25, 0.3) is 0 Å². The highest BCUT2D eigenvalue weighted by Crippen LogP contribution is 2.27. The van der Waals surface area contributed by atoms with Gasteiger partial charge in [0, 0.05) is 31.7 Å². The maximum atomic E-state index is 13.6. The number of carbonyl (C=O) groups is 1. The van der Waals surface area contributed by atoms with Gasteiger partial charge in [0.05, 0.1) is 4.90 Å². The first kappa shape index (κ1) is 16.9. The Morgan fingerprint density at radius 1 is 1.32 bits per heavy atom. The molecule has 2 N–H and O–H groups in total. The molecule has 1 aliphatic rings. The molecule has 22 heavy (non-hydrogen) atoms. The molecular weight excluding hydrogens is 309 g/mol. The number of carbonyl (C=O) groups excluding carboxylic acids is 1. The predicted octanol–water partition coefficient (Wildman–Crippen LogP) is 0.367. The summed E-state index contributed by atoms with van der Waals surface area (Å²) in [6, 6.07) is 5.25. The summed E-state index contributed by atoms with van der Waals surface area (Å²) in [5, 5.41) is 5.36.